The van der Waals surface area contributed by atoms with Gasteiger partial charge in [-0.25, -0.2) is 0 Å². The van der Waals surface area contributed by atoms with Crippen molar-refractivity contribution >= 4 is 0 Å². The second-order valence-corrected chi connectivity index (χ2v) is 0. The normalized spacial score (nSPS) is 0. The standard InChI is InChI=1S/BrH.ClH.Cs.La.Li/h2*1H;;;/q;;+1;+3;+1/p-2. The molecule has 0 saturated heterocycles. The van der Waals surface area contributed by atoms with Crippen molar-refractivity contribution in [2.24, 2.45) is 0 Å². The first-order valence-electron chi connectivity index (χ1n) is 0. The van der Waals surface area contributed by atoms with Crippen LogP contribution in [0.15, 0.2) is 0 Å². The molecule has 0 nitrogen and oxygen atoms in total. The summed E-state index contributed by atoms with van der Waals surface area (Å²) < 4.78 is 0. The molecule has 0 aromatic carbocycles. The van der Waals surface area contributed by atoms with Crippen molar-refractivity contribution in [1.29, 1.82) is 0 Å². The fourth-order valence-corrected chi connectivity index (χ4v) is 0. The fourth-order valence-electron chi connectivity index (χ4n) is 0. The van der Waals surface area contributed by atoms with Crippen LogP contribution in [0.25, 0.3) is 0 Å². The third kappa shape index (κ3) is 17.7. The van der Waals surface area contributed by atoms with Crippen molar-refractivity contribution in [2.45, 2.75) is 0 Å². The van der Waals surface area contributed by atoms with E-state index in [0.29, 0.717) is 0 Å². The summed E-state index contributed by atoms with van der Waals surface area (Å²) in [6, 6.07) is 0. The maximum Gasteiger partial charge on any atom is 3.00 e. The Morgan fingerprint density at radius 3 is 1.00 bits per heavy atom. The summed E-state index contributed by atoms with van der Waals surface area (Å²) in [6.07, 6.45) is 0. The van der Waals surface area contributed by atoms with E-state index >= 15 is 0 Å². The zero-order valence-corrected chi connectivity index (χ0v) is 15.6. The minimum Gasteiger partial charge on any atom is -1.00 e. The van der Waals surface area contributed by atoms with Gasteiger partial charge in [-0.15, -0.1) is 0 Å². The van der Waals surface area contributed by atoms with E-state index in [1.54, 1.807) is 0 Å². The summed E-state index contributed by atoms with van der Waals surface area (Å²) in [5, 5.41) is 0. The van der Waals surface area contributed by atoms with E-state index in [4.69, 9.17) is 0 Å². The second-order valence-electron chi connectivity index (χ2n) is 0. The molecule has 5 heteroatoms. The van der Waals surface area contributed by atoms with Gasteiger partial charge in [0.15, 0.2) is 0 Å². The molecule has 0 saturated carbocycles. The first-order chi connectivity index (χ1) is 0. The zero-order valence-electron chi connectivity index (χ0n) is 3.33. The molecule has 0 N–H and O–H groups in total. The van der Waals surface area contributed by atoms with Gasteiger partial charge in [0, 0.05) is 0 Å². The van der Waals surface area contributed by atoms with Gasteiger partial charge in [0.05, 0.1) is 0 Å². The fraction of sp³-hybridized carbons (Fsp3) is 0. The van der Waals surface area contributed by atoms with Gasteiger partial charge in [0.1, 0.15) is 0 Å². The van der Waals surface area contributed by atoms with Crippen LogP contribution in [0.1, 0.15) is 0 Å². The van der Waals surface area contributed by atoms with Crippen molar-refractivity contribution in [2.75, 3.05) is 0 Å². The third-order valence-electron chi connectivity index (χ3n) is 0. The second kappa shape index (κ2) is 23.5. The topological polar surface area (TPSA) is 0 Å². The van der Waals surface area contributed by atoms with E-state index in [-0.39, 0.29) is 153 Å². The van der Waals surface area contributed by atoms with Gasteiger partial charge in [0.2, 0.25) is 0 Å². The van der Waals surface area contributed by atoms with E-state index < -0.39 is 0 Å². The first kappa shape index (κ1) is 33.5. The van der Waals surface area contributed by atoms with Crippen LogP contribution in [0.5, 0.6) is 0 Å². The molecule has 0 aliphatic carbocycles. The maximum atomic E-state index is 0. The summed E-state index contributed by atoms with van der Waals surface area (Å²) in [5.41, 5.74) is 0. The zero-order chi connectivity index (χ0) is 0. The Hall–Kier alpha value is 4.61. The van der Waals surface area contributed by atoms with Crippen molar-refractivity contribution in [1.82, 2.24) is 0 Å². The van der Waals surface area contributed by atoms with Gasteiger partial charge in [-0.1, -0.05) is 0 Å². The van der Waals surface area contributed by atoms with E-state index in [1.165, 1.54) is 0 Å². The predicted octanol–water partition coefficient (Wildman–Crippen LogP) is -12.0. The van der Waals surface area contributed by atoms with Crippen molar-refractivity contribution < 1.29 is 153 Å². The van der Waals surface area contributed by atoms with E-state index in [0.717, 1.165) is 0 Å². The third-order valence-corrected chi connectivity index (χ3v) is 0. The van der Waals surface area contributed by atoms with Crippen molar-refractivity contribution in [3.8, 4) is 0 Å². The molecule has 0 rings (SSSR count). The Bertz CT molecular complexity index is 11.6. The Kier molecular flexibility index (Phi) is 157. The van der Waals surface area contributed by atoms with E-state index in [1.807, 2.05) is 0 Å². The molecule has 0 aromatic rings. The molecule has 0 radical (unpaired) electrons. The smallest absolute Gasteiger partial charge is 1.00 e. The number of hydrogen-bond donors (Lipinski definition) is 0. The van der Waals surface area contributed by atoms with Gasteiger partial charge >= 0.3 is 123 Å². The van der Waals surface area contributed by atoms with Crippen molar-refractivity contribution in [3.05, 3.63) is 0 Å². The number of rotatable bonds is 0. The molecule has 0 heterocycles. The number of halogens is 2. The molecular formula is BrClCsLaLi+3. The molecule has 16 valence electrons. The molecule has 0 aliphatic rings. The molecule has 0 aromatic heterocycles. The van der Waals surface area contributed by atoms with Crippen LogP contribution in [0.4, 0.5) is 0 Å². The first-order valence-corrected chi connectivity index (χ1v) is 0. The molecule has 5 heavy (non-hydrogen) atoms. The molecule has 0 amide bonds. The van der Waals surface area contributed by atoms with Crippen LogP contribution in [0, 0.1) is 35.6 Å². The minimum atomic E-state index is 0. The van der Waals surface area contributed by atoms with Crippen LogP contribution in [-0.4, -0.2) is 0 Å². The Labute approximate surface area is 148 Å². The van der Waals surface area contributed by atoms with Gasteiger partial charge in [-0.3, -0.25) is 0 Å². The maximum absolute atomic E-state index is 0. The van der Waals surface area contributed by atoms with Gasteiger partial charge < -0.3 is 29.4 Å². The average Bonchev–Trinajstić information content (AvgIpc) is 0. The monoisotopic (exact) mass is 393 g/mol. The molecular weight excluding hydrogens is 394 g/mol. The predicted molar refractivity (Wildman–Crippen MR) is 0 cm³/mol. The van der Waals surface area contributed by atoms with Gasteiger partial charge in [0.25, 0.3) is 0 Å². The quantitative estimate of drug-likeness (QED) is 0.359. The van der Waals surface area contributed by atoms with Crippen LogP contribution in [0.2, 0.25) is 0 Å². The van der Waals surface area contributed by atoms with Gasteiger partial charge in [-0.05, 0) is 0 Å². The van der Waals surface area contributed by atoms with Crippen LogP contribution >= 0.6 is 0 Å². The summed E-state index contributed by atoms with van der Waals surface area (Å²) in [4.78, 5) is 0. The number of hydrogen-bond acceptors (Lipinski definition) is 0. The molecule has 0 bridgehead atoms. The summed E-state index contributed by atoms with van der Waals surface area (Å²) in [7, 11) is 0. The van der Waals surface area contributed by atoms with Crippen LogP contribution in [0.3, 0.4) is 0 Å². The summed E-state index contributed by atoms with van der Waals surface area (Å²) >= 11 is 0. The van der Waals surface area contributed by atoms with E-state index in [9.17, 15) is 0 Å². The Morgan fingerprint density at radius 1 is 1.00 bits per heavy atom. The summed E-state index contributed by atoms with van der Waals surface area (Å²) in [5.74, 6) is 0. The van der Waals surface area contributed by atoms with Crippen LogP contribution in [-0.2, 0) is 0 Å². The molecule has 0 fully saturated rings. The minimum absolute atomic E-state index is 0. The van der Waals surface area contributed by atoms with Crippen LogP contribution < -0.4 is 117 Å². The molecule has 0 aliphatic heterocycles. The molecule has 0 spiro atoms. The molecule has 0 atom stereocenters. The SMILES string of the molecule is [Br-].[Cl-].[Cs+].[La+3].[Li+]. The molecule has 0 unspecified atom stereocenters. The largest absolute Gasteiger partial charge is 3.00 e. The average molecular weight is 394 g/mol. The van der Waals surface area contributed by atoms with E-state index in [2.05, 4.69) is 0 Å². The van der Waals surface area contributed by atoms with Gasteiger partial charge in [-0.2, -0.15) is 0 Å². The van der Waals surface area contributed by atoms with Crippen molar-refractivity contribution in [3.63, 3.8) is 0 Å². The Balaban J connectivity index is 0. The summed E-state index contributed by atoms with van der Waals surface area (Å²) in [6.45, 7) is 0. The Morgan fingerprint density at radius 2 is 1.00 bits per heavy atom.